The van der Waals surface area contributed by atoms with Gasteiger partial charge in [0, 0.05) is 37.2 Å². The summed E-state index contributed by atoms with van der Waals surface area (Å²) >= 11 is 0. The van der Waals surface area contributed by atoms with E-state index in [-0.39, 0.29) is 6.10 Å². The van der Waals surface area contributed by atoms with Crippen molar-refractivity contribution in [1.82, 2.24) is 19.9 Å². The van der Waals surface area contributed by atoms with E-state index < -0.39 is 0 Å². The molecule has 5 nitrogen and oxygen atoms in total. The monoisotopic (exact) mass is 270 g/mol. The van der Waals surface area contributed by atoms with Gasteiger partial charge in [-0.15, -0.1) is 0 Å². The Morgan fingerprint density at radius 2 is 2.05 bits per heavy atom. The first-order valence-electron chi connectivity index (χ1n) is 6.94. The summed E-state index contributed by atoms with van der Waals surface area (Å²) in [5.41, 5.74) is 1.96. The molecule has 104 valence electrons. The first-order valence-corrected chi connectivity index (χ1v) is 6.94. The highest BCUT2D eigenvalue weighted by atomic mass is 16.3. The quantitative estimate of drug-likeness (QED) is 0.915. The van der Waals surface area contributed by atoms with Gasteiger partial charge in [-0.1, -0.05) is 0 Å². The van der Waals surface area contributed by atoms with E-state index in [1.54, 1.807) is 18.6 Å². The van der Waals surface area contributed by atoms with Gasteiger partial charge in [0.15, 0.2) is 5.82 Å². The lowest BCUT2D eigenvalue weighted by atomic mass is 10.1. The molecule has 20 heavy (non-hydrogen) atoms. The van der Waals surface area contributed by atoms with Crippen molar-refractivity contribution in [2.24, 2.45) is 0 Å². The van der Waals surface area contributed by atoms with E-state index in [1.807, 2.05) is 18.2 Å². The van der Waals surface area contributed by atoms with Gasteiger partial charge >= 0.3 is 0 Å². The Bertz CT molecular complexity index is 561. The van der Waals surface area contributed by atoms with E-state index in [9.17, 15) is 5.11 Å². The zero-order valence-corrected chi connectivity index (χ0v) is 11.3. The molecule has 0 amide bonds. The normalized spacial score (nSPS) is 19.9. The van der Waals surface area contributed by atoms with Gasteiger partial charge in [0.25, 0.3) is 0 Å². The van der Waals surface area contributed by atoms with Gasteiger partial charge in [-0.05, 0) is 37.6 Å². The standard InChI is InChI=1S/C15H18N4O/c20-14-2-1-9-19(11-14)10-13-5-8-17-15(18-13)12-3-6-16-7-4-12/h3-8,14,20H,1-2,9-11H2/t14-/m0/s1. The number of aromatic nitrogens is 3. The molecule has 3 heterocycles. The summed E-state index contributed by atoms with van der Waals surface area (Å²) in [5, 5.41) is 9.71. The maximum atomic E-state index is 9.71. The molecule has 3 rings (SSSR count). The van der Waals surface area contributed by atoms with E-state index >= 15 is 0 Å². The second kappa shape index (κ2) is 6.07. The van der Waals surface area contributed by atoms with Crippen LogP contribution >= 0.6 is 0 Å². The minimum absolute atomic E-state index is 0.203. The topological polar surface area (TPSA) is 62.1 Å². The van der Waals surface area contributed by atoms with Crippen LogP contribution in [0.1, 0.15) is 18.5 Å². The molecule has 0 bridgehead atoms. The van der Waals surface area contributed by atoms with Crippen molar-refractivity contribution < 1.29 is 5.11 Å². The van der Waals surface area contributed by atoms with Crippen LogP contribution in [0.2, 0.25) is 0 Å². The molecule has 1 atom stereocenters. The average molecular weight is 270 g/mol. The predicted octanol–water partition coefficient (Wildman–Crippen LogP) is 1.50. The number of hydrogen-bond acceptors (Lipinski definition) is 5. The van der Waals surface area contributed by atoms with Gasteiger partial charge < -0.3 is 5.11 Å². The van der Waals surface area contributed by atoms with Gasteiger partial charge in [-0.25, -0.2) is 9.97 Å². The highest BCUT2D eigenvalue weighted by molar-refractivity contribution is 5.53. The van der Waals surface area contributed by atoms with Crippen LogP contribution in [0.4, 0.5) is 0 Å². The molecule has 0 aromatic carbocycles. The van der Waals surface area contributed by atoms with Gasteiger partial charge in [0.05, 0.1) is 11.8 Å². The van der Waals surface area contributed by atoms with Gasteiger partial charge in [-0.2, -0.15) is 0 Å². The van der Waals surface area contributed by atoms with E-state index in [1.165, 1.54) is 0 Å². The molecule has 1 N–H and O–H groups in total. The highest BCUT2D eigenvalue weighted by Gasteiger charge is 2.18. The minimum Gasteiger partial charge on any atom is -0.392 e. The highest BCUT2D eigenvalue weighted by Crippen LogP contribution is 2.16. The minimum atomic E-state index is -0.203. The van der Waals surface area contributed by atoms with Crippen molar-refractivity contribution in [1.29, 1.82) is 0 Å². The zero-order chi connectivity index (χ0) is 13.8. The van der Waals surface area contributed by atoms with Crippen molar-refractivity contribution in [2.75, 3.05) is 13.1 Å². The molecule has 0 radical (unpaired) electrons. The number of aliphatic hydroxyl groups excluding tert-OH is 1. The Hall–Kier alpha value is -1.85. The lowest BCUT2D eigenvalue weighted by molar-refractivity contribution is 0.0662. The first kappa shape index (κ1) is 13.1. The van der Waals surface area contributed by atoms with Crippen LogP contribution in [-0.2, 0) is 6.54 Å². The number of pyridine rings is 1. The van der Waals surface area contributed by atoms with Crippen molar-refractivity contribution >= 4 is 0 Å². The van der Waals surface area contributed by atoms with Crippen molar-refractivity contribution in [3.63, 3.8) is 0 Å². The number of rotatable bonds is 3. The van der Waals surface area contributed by atoms with Crippen LogP contribution < -0.4 is 0 Å². The second-order valence-corrected chi connectivity index (χ2v) is 5.14. The van der Waals surface area contributed by atoms with Crippen molar-refractivity contribution in [3.05, 3.63) is 42.5 Å². The molecule has 2 aromatic rings. The van der Waals surface area contributed by atoms with Crippen LogP contribution in [0.5, 0.6) is 0 Å². The fourth-order valence-corrected chi connectivity index (χ4v) is 2.53. The largest absolute Gasteiger partial charge is 0.392 e. The maximum Gasteiger partial charge on any atom is 0.159 e. The van der Waals surface area contributed by atoms with Gasteiger partial charge in [0.2, 0.25) is 0 Å². The smallest absolute Gasteiger partial charge is 0.159 e. The van der Waals surface area contributed by atoms with Crippen molar-refractivity contribution in [2.45, 2.75) is 25.5 Å². The number of nitrogens with zero attached hydrogens (tertiary/aromatic N) is 4. The van der Waals surface area contributed by atoms with Crippen LogP contribution in [-0.4, -0.2) is 44.2 Å². The zero-order valence-electron chi connectivity index (χ0n) is 11.3. The SMILES string of the molecule is O[C@H]1CCCN(Cc2ccnc(-c3ccncc3)n2)C1. The summed E-state index contributed by atoms with van der Waals surface area (Å²) in [7, 11) is 0. The summed E-state index contributed by atoms with van der Waals surface area (Å²) < 4.78 is 0. The molecule has 1 aliphatic heterocycles. The third-order valence-electron chi connectivity index (χ3n) is 3.52. The molecule has 5 heteroatoms. The maximum absolute atomic E-state index is 9.71. The van der Waals surface area contributed by atoms with Gasteiger partial charge in [-0.3, -0.25) is 9.88 Å². The Morgan fingerprint density at radius 1 is 1.20 bits per heavy atom. The number of β-amino-alcohol motifs (C(OH)–C–C–N with tert-alkyl or cyclic N) is 1. The third-order valence-corrected chi connectivity index (χ3v) is 3.52. The Labute approximate surface area is 118 Å². The molecule has 0 spiro atoms. The van der Waals surface area contributed by atoms with E-state index in [4.69, 9.17) is 0 Å². The third kappa shape index (κ3) is 3.18. The van der Waals surface area contributed by atoms with Crippen molar-refractivity contribution in [3.8, 4) is 11.4 Å². The predicted molar refractivity (Wildman–Crippen MR) is 75.8 cm³/mol. The molecule has 1 saturated heterocycles. The Morgan fingerprint density at radius 3 is 2.85 bits per heavy atom. The summed E-state index contributed by atoms with van der Waals surface area (Å²) in [5.74, 6) is 0.724. The molecule has 0 aliphatic carbocycles. The van der Waals surface area contributed by atoms with Crippen LogP contribution in [0, 0.1) is 0 Å². The molecule has 1 aliphatic rings. The molecular formula is C15H18N4O. The number of hydrogen-bond donors (Lipinski definition) is 1. The van der Waals surface area contributed by atoms with E-state index in [0.29, 0.717) is 0 Å². The van der Waals surface area contributed by atoms with E-state index in [0.717, 1.165) is 49.6 Å². The molecule has 2 aromatic heterocycles. The summed E-state index contributed by atoms with van der Waals surface area (Å²) in [6, 6.07) is 5.75. The lowest BCUT2D eigenvalue weighted by Gasteiger charge is -2.29. The van der Waals surface area contributed by atoms with Crippen LogP contribution in [0.15, 0.2) is 36.8 Å². The number of piperidine rings is 1. The lowest BCUT2D eigenvalue weighted by Crippen LogP contribution is -2.37. The number of likely N-dealkylation sites (tertiary alicyclic amines) is 1. The summed E-state index contributed by atoms with van der Waals surface area (Å²) in [6.07, 6.45) is 7.02. The van der Waals surface area contributed by atoms with E-state index in [2.05, 4.69) is 19.9 Å². The summed E-state index contributed by atoms with van der Waals surface area (Å²) in [4.78, 5) is 15.2. The average Bonchev–Trinajstić information content (AvgIpc) is 2.48. The number of aliphatic hydroxyl groups is 1. The molecule has 0 unspecified atom stereocenters. The summed E-state index contributed by atoms with van der Waals surface area (Å²) in [6.45, 7) is 2.51. The Balaban J connectivity index is 1.74. The van der Waals surface area contributed by atoms with Crippen LogP contribution in [0.25, 0.3) is 11.4 Å². The molecule has 1 fully saturated rings. The molecular weight excluding hydrogens is 252 g/mol. The second-order valence-electron chi connectivity index (χ2n) is 5.14. The van der Waals surface area contributed by atoms with Crippen LogP contribution in [0.3, 0.4) is 0 Å². The molecule has 0 saturated carbocycles. The fraction of sp³-hybridized carbons (Fsp3) is 0.400. The first-order chi connectivity index (χ1) is 9.81. The fourth-order valence-electron chi connectivity index (χ4n) is 2.53. The Kier molecular flexibility index (Phi) is 3.99. The van der Waals surface area contributed by atoms with Gasteiger partial charge in [0.1, 0.15) is 0 Å².